The lowest BCUT2D eigenvalue weighted by molar-refractivity contribution is 0.775. The molecule has 2 aromatic heterocycles. The Labute approximate surface area is 127 Å². The van der Waals surface area contributed by atoms with Crippen LogP contribution in [0.2, 0.25) is 0 Å². The van der Waals surface area contributed by atoms with Crippen LogP contribution in [-0.4, -0.2) is 9.55 Å². The quantitative estimate of drug-likeness (QED) is 0.668. The summed E-state index contributed by atoms with van der Waals surface area (Å²) < 4.78 is 2.09. The number of thiophene rings is 1. The third-order valence-corrected chi connectivity index (χ3v) is 4.48. The summed E-state index contributed by atoms with van der Waals surface area (Å²) in [5.74, 6) is 0.744. The van der Waals surface area contributed by atoms with Gasteiger partial charge in [-0.3, -0.25) is 0 Å². The van der Waals surface area contributed by atoms with E-state index in [9.17, 15) is 5.26 Å². The van der Waals surface area contributed by atoms with Crippen molar-refractivity contribution in [2.24, 2.45) is 0 Å². The predicted octanol–water partition coefficient (Wildman–Crippen LogP) is 4.49. The van der Waals surface area contributed by atoms with Gasteiger partial charge < -0.3 is 4.57 Å². The summed E-state index contributed by atoms with van der Waals surface area (Å²) in [4.78, 5) is 5.75. The Kier molecular flexibility index (Phi) is 3.59. The van der Waals surface area contributed by atoms with Crippen LogP contribution in [0, 0.1) is 18.3 Å². The molecule has 4 heteroatoms. The minimum absolute atomic E-state index is 0.610. The Balaban J connectivity index is 2.20. The zero-order valence-electron chi connectivity index (χ0n) is 12.0. The van der Waals surface area contributed by atoms with Crippen molar-refractivity contribution in [1.29, 1.82) is 5.26 Å². The van der Waals surface area contributed by atoms with Crippen LogP contribution in [0.15, 0.2) is 35.7 Å². The van der Waals surface area contributed by atoms with Crippen LogP contribution >= 0.6 is 11.3 Å². The average Bonchev–Trinajstić information content (AvgIpc) is 3.07. The van der Waals surface area contributed by atoms with E-state index in [-0.39, 0.29) is 0 Å². The normalized spacial score (nSPS) is 11.8. The zero-order valence-corrected chi connectivity index (χ0v) is 12.8. The third-order valence-electron chi connectivity index (χ3n) is 3.51. The van der Waals surface area contributed by atoms with Crippen LogP contribution in [-0.2, 0) is 6.54 Å². The number of hydrogen-bond acceptors (Lipinski definition) is 3. The van der Waals surface area contributed by atoms with Crippen LogP contribution in [0.25, 0.3) is 22.7 Å². The predicted molar refractivity (Wildman–Crippen MR) is 87.9 cm³/mol. The van der Waals surface area contributed by atoms with E-state index in [2.05, 4.69) is 35.5 Å². The van der Waals surface area contributed by atoms with E-state index in [1.807, 2.05) is 35.7 Å². The Hall–Kier alpha value is -2.38. The summed E-state index contributed by atoms with van der Waals surface area (Å²) >= 11 is 1.64. The number of hydrogen-bond donors (Lipinski definition) is 0. The Morgan fingerprint density at radius 1 is 1.38 bits per heavy atom. The summed E-state index contributed by atoms with van der Waals surface area (Å²) in [6.45, 7) is 4.92. The number of para-hydroxylation sites is 2. The fourth-order valence-electron chi connectivity index (χ4n) is 2.41. The highest BCUT2D eigenvalue weighted by atomic mass is 32.1. The number of allylic oxidation sites excluding steroid dienone is 1. The van der Waals surface area contributed by atoms with Gasteiger partial charge in [0, 0.05) is 11.4 Å². The molecule has 0 aliphatic carbocycles. The molecule has 2 heterocycles. The third kappa shape index (κ3) is 2.37. The van der Waals surface area contributed by atoms with Gasteiger partial charge in [0.05, 0.1) is 16.6 Å². The topological polar surface area (TPSA) is 41.6 Å². The maximum Gasteiger partial charge on any atom is 0.151 e. The first kappa shape index (κ1) is 13.6. The molecule has 0 spiro atoms. The molecule has 0 aliphatic heterocycles. The summed E-state index contributed by atoms with van der Waals surface area (Å²) in [5.41, 5.74) is 3.79. The van der Waals surface area contributed by atoms with Crippen molar-refractivity contribution in [3.63, 3.8) is 0 Å². The lowest BCUT2D eigenvalue weighted by Gasteiger charge is -2.04. The number of nitriles is 1. The first-order valence-corrected chi connectivity index (χ1v) is 7.74. The molecule has 1 aromatic carbocycles. The molecule has 0 unspecified atom stereocenters. The van der Waals surface area contributed by atoms with Crippen molar-refractivity contribution in [3.05, 3.63) is 52.0 Å². The molecule has 0 bridgehead atoms. The number of aryl methyl sites for hydroxylation is 2. The molecular formula is C17H15N3S. The summed E-state index contributed by atoms with van der Waals surface area (Å²) in [5, 5.41) is 11.6. The lowest BCUT2D eigenvalue weighted by atomic mass is 10.2. The number of aromatic nitrogens is 2. The van der Waals surface area contributed by atoms with Crippen LogP contribution in [0.4, 0.5) is 0 Å². The SMILES string of the molecule is CCn1c(C(C#N)=Cc2sccc2C)nc2ccccc21. The van der Waals surface area contributed by atoms with Gasteiger partial charge in [0.25, 0.3) is 0 Å². The van der Waals surface area contributed by atoms with E-state index in [4.69, 9.17) is 0 Å². The fraction of sp³-hybridized carbons (Fsp3) is 0.176. The van der Waals surface area contributed by atoms with Gasteiger partial charge in [-0.25, -0.2) is 4.98 Å². The Bertz CT molecular complexity index is 862. The van der Waals surface area contributed by atoms with Crippen LogP contribution in [0.3, 0.4) is 0 Å². The van der Waals surface area contributed by atoms with Gasteiger partial charge in [-0.15, -0.1) is 11.3 Å². The van der Waals surface area contributed by atoms with E-state index in [0.717, 1.165) is 28.3 Å². The van der Waals surface area contributed by atoms with E-state index in [0.29, 0.717) is 5.57 Å². The van der Waals surface area contributed by atoms with Crippen molar-refractivity contribution in [2.45, 2.75) is 20.4 Å². The molecule has 3 rings (SSSR count). The molecular weight excluding hydrogens is 278 g/mol. The minimum Gasteiger partial charge on any atom is -0.324 e. The van der Waals surface area contributed by atoms with Gasteiger partial charge in [0.1, 0.15) is 6.07 Å². The molecule has 0 fully saturated rings. The highest BCUT2D eigenvalue weighted by molar-refractivity contribution is 7.11. The zero-order chi connectivity index (χ0) is 14.8. The molecule has 3 nitrogen and oxygen atoms in total. The van der Waals surface area contributed by atoms with Crippen LogP contribution < -0.4 is 0 Å². The van der Waals surface area contributed by atoms with Gasteiger partial charge in [0.2, 0.25) is 0 Å². The summed E-state index contributed by atoms with van der Waals surface area (Å²) in [7, 11) is 0. The van der Waals surface area contributed by atoms with E-state index >= 15 is 0 Å². The van der Waals surface area contributed by atoms with Crippen LogP contribution in [0.5, 0.6) is 0 Å². The summed E-state index contributed by atoms with van der Waals surface area (Å²) in [6.07, 6.45) is 1.94. The minimum atomic E-state index is 0.610. The molecule has 104 valence electrons. The van der Waals surface area contributed by atoms with E-state index in [1.165, 1.54) is 5.56 Å². The number of fused-ring (bicyclic) bond motifs is 1. The largest absolute Gasteiger partial charge is 0.324 e. The highest BCUT2D eigenvalue weighted by Crippen LogP contribution is 2.26. The number of imidazole rings is 1. The maximum atomic E-state index is 9.55. The monoisotopic (exact) mass is 293 g/mol. The number of nitrogens with zero attached hydrogens (tertiary/aromatic N) is 3. The molecule has 3 aromatic rings. The van der Waals surface area contributed by atoms with Crippen molar-refractivity contribution < 1.29 is 0 Å². The second-order valence-electron chi connectivity index (χ2n) is 4.81. The molecule has 0 aliphatic rings. The highest BCUT2D eigenvalue weighted by Gasteiger charge is 2.13. The molecule has 0 saturated carbocycles. The number of benzene rings is 1. The van der Waals surface area contributed by atoms with Gasteiger partial charge in [-0.05, 0) is 49.1 Å². The molecule has 0 atom stereocenters. The van der Waals surface area contributed by atoms with E-state index < -0.39 is 0 Å². The molecule has 0 amide bonds. The first-order valence-electron chi connectivity index (χ1n) is 6.86. The van der Waals surface area contributed by atoms with Crippen molar-refractivity contribution in [2.75, 3.05) is 0 Å². The van der Waals surface area contributed by atoms with E-state index in [1.54, 1.807) is 11.3 Å². The van der Waals surface area contributed by atoms with Gasteiger partial charge in [0.15, 0.2) is 5.82 Å². The molecule has 0 N–H and O–H groups in total. The standard InChI is InChI=1S/C17H15N3S/c1-3-20-15-7-5-4-6-14(15)19-17(20)13(11-18)10-16-12(2)8-9-21-16/h4-10H,3H2,1-2H3. The maximum absolute atomic E-state index is 9.55. The van der Waals surface area contributed by atoms with Gasteiger partial charge in [-0.2, -0.15) is 5.26 Å². The smallest absolute Gasteiger partial charge is 0.151 e. The van der Waals surface area contributed by atoms with Crippen molar-refractivity contribution in [3.8, 4) is 6.07 Å². The summed E-state index contributed by atoms with van der Waals surface area (Å²) in [6, 6.07) is 12.4. The second kappa shape index (κ2) is 5.55. The number of rotatable bonds is 3. The Morgan fingerprint density at radius 2 is 2.19 bits per heavy atom. The van der Waals surface area contributed by atoms with Gasteiger partial charge in [-0.1, -0.05) is 12.1 Å². The average molecular weight is 293 g/mol. The second-order valence-corrected chi connectivity index (χ2v) is 5.75. The van der Waals surface area contributed by atoms with Gasteiger partial charge >= 0.3 is 0 Å². The van der Waals surface area contributed by atoms with Crippen molar-refractivity contribution in [1.82, 2.24) is 9.55 Å². The first-order chi connectivity index (χ1) is 10.2. The van der Waals surface area contributed by atoms with Crippen LogP contribution in [0.1, 0.15) is 23.2 Å². The molecule has 0 radical (unpaired) electrons. The fourth-order valence-corrected chi connectivity index (χ4v) is 3.27. The van der Waals surface area contributed by atoms with Crippen molar-refractivity contribution >= 4 is 34.0 Å². The lowest BCUT2D eigenvalue weighted by Crippen LogP contribution is -2.00. The molecule has 21 heavy (non-hydrogen) atoms. The Morgan fingerprint density at radius 3 is 2.86 bits per heavy atom. The molecule has 0 saturated heterocycles.